The minimum atomic E-state index is -0.650. The molecule has 138 valence electrons. The summed E-state index contributed by atoms with van der Waals surface area (Å²) in [6, 6.07) is 19.0. The van der Waals surface area contributed by atoms with Gasteiger partial charge in [-0.3, -0.25) is 4.79 Å². The molecule has 26 heavy (non-hydrogen) atoms. The van der Waals surface area contributed by atoms with Gasteiger partial charge in [0, 0.05) is 24.7 Å². The van der Waals surface area contributed by atoms with Gasteiger partial charge in [0.15, 0.2) is 0 Å². The second-order valence-corrected chi connectivity index (χ2v) is 7.70. The fourth-order valence-electron chi connectivity index (χ4n) is 4.08. The summed E-state index contributed by atoms with van der Waals surface area (Å²) in [4.78, 5) is 15.0. The molecule has 0 aliphatic carbocycles. The van der Waals surface area contributed by atoms with Gasteiger partial charge in [0.1, 0.15) is 0 Å². The Balaban J connectivity index is 1.95. The first-order valence-corrected chi connectivity index (χ1v) is 9.52. The molecule has 3 rings (SSSR count). The monoisotopic (exact) mass is 351 g/mol. The van der Waals surface area contributed by atoms with E-state index in [1.807, 2.05) is 32.0 Å². The number of hydrogen-bond acceptors (Lipinski definition) is 3. The van der Waals surface area contributed by atoms with E-state index < -0.39 is 5.41 Å². The molecular formula is C23H29NO2. The SMILES string of the molecule is COC(=O)C(C)(C)C(c1ccccc1)c1ccc(N2CCCCC2)cc1. The number of carbonyl (C=O) groups excluding carboxylic acids is 1. The largest absolute Gasteiger partial charge is 0.469 e. The van der Waals surface area contributed by atoms with E-state index in [0.29, 0.717) is 0 Å². The van der Waals surface area contributed by atoms with E-state index >= 15 is 0 Å². The van der Waals surface area contributed by atoms with Crippen molar-refractivity contribution < 1.29 is 9.53 Å². The van der Waals surface area contributed by atoms with E-state index in [1.54, 1.807) is 0 Å². The average Bonchev–Trinajstić information content (AvgIpc) is 2.69. The Morgan fingerprint density at radius 1 is 0.923 bits per heavy atom. The van der Waals surface area contributed by atoms with Crippen LogP contribution >= 0.6 is 0 Å². The number of piperidine rings is 1. The Morgan fingerprint density at radius 2 is 1.50 bits per heavy atom. The summed E-state index contributed by atoms with van der Waals surface area (Å²) in [5.41, 5.74) is 2.90. The fourth-order valence-corrected chi connectivity index (χ4v) is 4.08. The molecule has 2 aromatic carbocycles. The number of anilines is 1. The minimum absolute atomic E-state index is 0.0495. The molecule has 0 amide bonds. The van der Waals surface area contributed by atoms with Crippen molar-refractivity contribution in [3.63, 3.8) is 0 Å². The van der Waals surface area contributed by atoms with Gasteiger partial charge in [-0.15, -0.1) is 0 Å². The number of benzene rings is 2. The second kappa shape index (κ2) is 7.94. The molecule has 3 heteroatoms. The van der Waals surface area contributed by atoms with E-state index in [-0.39, 0.29) is 11.9 Å². The van der Waals surface area contributed by atoms with Crippen LogP contribution in [0.1, 0.15) is 50.2 Å². The van der Waals surface area contributed by atoms with Crippen molar-refractivity contribution in [3.05, 3.63) is 65.7 Å². The maximum atomic E-state index is 12.5. The molecule has 1 atom stereocenters. The topological polar surface area (TPSA) is 29.5 Å². The van der Waals surface area contributed by atoms with Gasteiger partial charge >= 0.3 is 5.97 Å². The van der Waals surface area contributed by atoms with Crippen LogP contribution < -0.4 is 4.90 Å². The van der Waals surface area contributed by atoms with Gasteiger partial charge in [-0.2, -0.15) is 0 Å². The highest BCUT2D eigenvalue weighted by atomic mass is 16.5. The molecule has 0 N–H and O–H groups in total. The Bertz CT molecular complexity index is 716. The van der Waals surface area contributed by atoms with E-state index in [2.05, 4.69) is 41.3 Å². The molecule has 1 aliphatic heterocycles. The number of esters is 1. The van der Waals surface area contributed by atoms with Crippen molar-refractivity contribution in [2.75, 3.05) is 25.1 Å². The number of ether oxygens (including phenoxy) is 1. The molecule has 1 heterocycles. The summed E-state index contributed by atoms with van der Waals surface area (Å²) in [5.74, 6) is -0.238. The van der Waals surface area contributed by atoms with Crippen molar-refractivity contribution in [1.82, 2.24) is 0 Å². The van der Waals surface area contributed by atoms with E-state index in [9.17, 15) is 4.79 Å². The van der Waals surface area contributed by atoms with Crippen molar-refractivity contribution in [3.8, 4) is 0 Å². The summed E-state index contributed by atoms with van der Waals surface area (Å²) in [5, 5.41) is 0. The highest BCUT2D eigenvalue weighted by molar-refractivity contribution is 5.78. The molecule has 1 saturated heterocycles. The summed E-state index contributed by atoms with van der Waals surface area (Å²) in [6.07, 6.45) is 3.87. The number of hydrogen-bond donors (Lipinski definition) is 0. The molecular weight excluding hydrogens is 322 g/mol. The maximum Gasteiger partial charge on any atom is 0.312 e. The van der Waals surface area contributed by atoms with Gasteiger partial charge in [0.05, 0.1) is 12.5 Å². The standard InChI is InChI=1S/C23H29NO2/c1-23(2,22(25)26-3)21(18-10-6-4-7-11-18)19-12-14-20(15-13-19)24-16-8-5-9-17-24/h4,6-7,10-15,21H,5,8-9,16-17H2,1-3H3. The Hall–Kier alpha value is -2.29. The predicted octanol–water partition coefficient (Wildman–Crippen LogP) is 5.01. The molecule has 1 unspecified atom stereocenters. The quantitative estimate of drug-likeness (QED) is 0.709. The van der Waals surface area contributed by atoms with Crippen LogP contribution in [0.2, 0.25) is 0 Å². The molecule has 1 aliphatic rings. The molecule has 2 aromatic rings. The number of methoxy groups -OCH3 is 1. The van der Waals surface area contributed by atoms with Gasteiger partial charge < -0.3 is 9.64 Å². The predicted molar refractivity (Wildman–Crippen MR) is 107 cm³/mol. The van der Waals surface area contributed by atoms with Crippen molar-refractivity contribution >= 4 is 11.7 Å². The molecule has 0 bridgehead atoms. The highest BCUT2D eigenvalue weighted by Gasteiger charge is 2.39. The van der Waals surface area contributed by atoms with E-state index in [4.69, 9.17) is 4.74 Å². The third-order valence-electron chi connectivity index (χ3n) is 5.51. The first-order chi connectivity index (χ1) is 12.5. The lowest BCUT2D eigenvalue weighted by Gasteiger charge is -2.33. The zero-order chi connectivity index (χ0) is 18.6. The summed E-state index contributed by atoms with van der Waals surface area (Å²) < 4.78 is 5.11. The lowest BCUT2D eigenvalue weighted by atomic mass is 9.71. The molecule has 0 saturated carbocycles. The van der Waals surface area contributed by atoms with E-state index in [0.717, 1.165) is 24.2 Å². The first-order valence-electron chi connectivity index (χ1n) is 9.52. The summed E-state index contributed by atoms with van der Waals surface area (Å²) >= 11 is 0. The fraction of sp³-hybridized carbons (Fsp3) is 0.435. The summed E-state index contributed by atoms with van der Waals surface area (Å²) in [6.45, 7) is 6.20. The van der Waals surface area contributed by atoms with Crippen LogP contribution in [0.4, 0.5) is 5.69 Å². The highest BCUT2D eigenvalue weighted by Crippen LogP contribution is 2.42. The number of nitrogens with zero attached hydrogens (tertiary/aromatic N) is 1. The van der Waals surface area contributed by atoms with Crippen LogP contribution in [0.15, 0.2) is 54.6 Å². The van der Waals surface area contributed by atoms with Crippen LogP contribution in [0.5, 0.6) is 0 Å². The van der Waals surface area contributed by atoms with Gasteiger partial charge in [-0.05, 0) is 56.4 Å². The molecule has 0 aromatic heterocycles. The van der Waals surface area contributed by atoms with Crippen LogP contribution in [0, 0.1) is 5.41 Å². The molecule has 1 fully saturated rings. The Kier molecular flexibility index (Phi) is 5.65. The molecule has 0 radical (unpaired) electrons. The van der Waals surface area contributed by atoms with Gasteiger partial charge in [0.25, 0.3) is 0 Å². The molecule has 3 nitrogen and oxygen atoms in total. The normalized spacial score (nSPS) is 16.2. The van der Waals surface area contributed by atoms with Gasteiger partial charge in [0.2, 0.25) is 0 Å². The van der Waals surface area contributed by atoms with Crippen molar-refractivity contribution in [1.29, 1.82) is 0 Å². The first kappa shape index (κ1) is 18.5. The van der Waals surface area contributed by atoms with Crippen molar-refractivity contribution in [2.24, 2.45) is 5.41 Å². The third-order valence-corrected chi connectivity index (χ3v) is 5.51. The lowest BCUT2D eigenvalue weighted by molar-refractivity contribution is -0.151. The minimum Gasteiger partial charge on any atom is -0.469 e. The average molecular weight is 351 g/mol. The third kappa shape index (κ3) is 3.77. The number of rotatable bonds is 5. The van der Waals surface area contributed by atoms with E-state index in [1.165, 1.54) is 32.1 Å². The zero-order valence-corrected chi connectivity index (χ0v) is 16.1. The number of carbonyl (C=O) groups is 1. The summed E-state index contributed by atoms with van der Waals surface area (Å²) in [7, 11) is 1.46. The van der Waals surface area contributed by atoms with Gasteiger partial charge in [-0.1, -0.05) is 42.5 Å². The van der Waals surface area contributed by atoms with Crippen LogP contribution in [-0.4, -0.2) is 26.2 Å². The van der Waals surface area contributed by atoms with Crippen LogP contribution in [-0.2, 0) is 9.53 Å². The second-order valence-electron chi connectivity index (χ2n) is 7.70. The zero-order valence-electron chi connectivity index (χ0n) is 16.1. The van der Waals surface area contributed by atoms with Crippen molar-refractivity contribution in [2.45, 2.75) is 39.0 Å². The smallest absolute Gasteiger partial charge is 0.312 e. The van der Waals surface area contributed by atoms with Gasteiger partial charge in [-0.25, -0.2) is 0 Å². The van der Waals surface area contributed by atoms with Crippen LogP contribution in [0.3, 0.4) is 0 Å². The Morgan fingerprint density at radius 3 is 2.08 bits per heavy atom. The molecule has 0 spiro atoms. The lowest BCUT2D eigenvalue weighted by Crippen LogP contribution is -2.33. The Labute approximate surface area is 157 Å². The maximum absolute atomic E-state index is 12.5. The van der Waals surface area contributed by atoms with Crippen LogP contribution in [0.25, 0.3) is 0 Å².